The van der Waals surface area contributed by atoms with Crippen molar-refractivity contribution in [1.82, 2.24) is 84.4 Å². The highest BCUT2D eigenvalue weighted by molar-refractivity contribution is 8.00. The fourth-order valence-corrected chi connectivity index (χ4v) is 14.6. The minimum absolute atomic E-state index is 0.0773. The van der Waals surface area contributed by atoms with Gasteiger partial charge in [0.1, 0.15) is 94.1 Å². The van der Waals surface area contributed by atoms with Crippen LogP contribution >= 0.6 is 11.8 Å². The van der Waals surface area contributed by atoms with E-state index in [1.807, 2.05) is 26.0 Å². The third-order valence-electron chi connectivity index (χ3n) is 20.0. The van der Waals surface area contributed by atoms with Crippen molar-refractivity contribution in [1.29, 1.82) is 5.41 Å². The summed E-state index contributed by atoms with van der Waals surface area (Å²) in [6.07, 6.45) is 0.480. The number of phenolic OH excluding ortho intramolecular Hbond substituents is 1. The number of rotatable bonds is 32. The quantitative estimate of drug-likeness (QED) is 0.0136. The topological polar surface area (TPSA) is 684 Å². The minimum atomic E-state index is -4.00. The number of aromatic nitrogens is 2. The summed E-state index contributed by atoms with van der Waals surface area (Å²) in [5.41, 5.74) is 19.1. The molecule has 3 aromatic carbocycles. The Morgan fingerprint density at radius 1 is 0.500 bits per heavy atom. The van der Waals surface area contributed by atoms with E-state index >= 15 is 14.4 Å². The number of primary amides is 2. The monoisotopic (exact) mass is 1800 g/mol. The summed E-state index contributed by atoms with van der Waals surface area (Å²) in [4.78, 5) is 248. The molecular weight excluding hydrogens is 1680 g/mol. The van der Waals surface area contributed by atoms with Gasteiger partial charge in [-0.15, -0.1) is 11.8 Å². The first-order chi connectivity index (χ1) is 59.6. The lowest BCUT2D eigenvalue weighted by Crippen LogP contribution is -2.62. The number of hydrogen-bond acceptors (Lipinski definition) is 23. The number of carboxylic acids is 2. The largest absolute Gasteiger partial charge is 0.508 e. The van der Waals surface area contributed by atoms with Crippen molar-refractivity contribution >= 4 is 128 Å². The maximum atomic E-state index is 15.1. The van der Waals surface area contributed by atoms with Crippen LogP contribution in [-0.2, 0) is 111 Å². The summed E-state index contributed by atoms with van der Waals surface area (Å²) >= 11 is 0.714. The van der Waals surface area contributed by atoms with Gasteiger partial charge in [-0.1, -0.05) is 133 Å². The van der Waals surface area contributed by atoms with Crippen molar-refractivity contribution < 1.29 is 105 Å². The van der Waals surface area contributed by atoms with Gasteiger partial charge in [0.05, 0.1) is 36.4 Å². The third kappa shape index (κ3) is 37.7. The van der Waals surface area contributed by atoms with E-state index in [1.165, 1.54) is 57.6 Å². The summed E-state index contributed by atoms with van der Waals surface area (Å²) in [5.74, 6) is -23.4. The van der Waals surface area contributed by atoms with E-state index in [2.05, 4.69) is 84.4 Å². The minimum Gasteiger partial charge on any atom is -0.508 e. The molecule has 0 aliphatic carbocycles. The van der Waals surface area contributed by atoms with Crippen LogP contribution in [0.5, 0.6) is 5.75 Å². The number of aromatic hydroxyl groups is 1. The summed E-state index contributed by atoms with van der Waals surface area (Å²) < 4.78 is 25.9. The molecule has 0 bridgehead atoms. The number of hydrogen-bond donors (Lipinski definition) is 22. The van der Waals surface area contributed by atoms with Crippen LogP contribution in [-0.4, -0.2) is 249 Å². The SMILES string of the molecule is CCCCC[C@@H]1NC(=O)[C@H](Cc2ccc(-c3ccccc3)cc2)NC(=O)[C@H](CCS(C)(=O)=O)NC(=O)[C@H](C(C)C)NC(=O)[C@H](CCC(N)=O)NC(=O)[C@H](CC(=O)O)NC(=O)[C@H](Cc2c[nH]cn2)NC(=O)[C@H](Cc2ccc(O)cc2)NC(=O)[C@H](CCCCC)NC(=O)[C@H](CCCCNC(=N)N)NC(=O)[C@H](C)NC(=O)CSC[C@@H](C(N)=O)NC(=O)C(CC(=O)O)NC1=O. The zero-order valence-corrected chi connectivity index (χ0v) is 72.7. The Hall–Kier alpha value is -12.8. The number of carboxylic acid groups (broad SMARTS) is 2. The number of phenols is 1. The predicted octanol–water partition coefficient (Wildman–Crippen LogP) is -2.52. The molecule has 4 aromatic rings. The van der Waals surface area contributed by atoms with Crippen LogP contribution in [0.15, 0.2) is 91.4 Å². The standard InChI is InChI=1S/C82H118N20O22S2/c1-7-9-12-20-54-72(113)96-59(37-48-25-29-52(103)30-26-48)77(118)98-60(38-51-41-87-44-89-51)78(119)100-61(39-66(106)107)79(120)94-56(31-32-64(83)104)75(116)102-68(45(3)4)81(122)95-57(33-35-126(6,123)124)74(115)97-58(36-47-23-27-50(28-24-47)49-18-14-11-15-19-49)76(117)93-55(21-13-10-8-2)73(114)99-62(40-67(108)109)80(121)101-63(69(84)110)42-125-43-65(105)90-46(5)70(111)91-53(71(112)92-54)22-16-17-34-88-82(85)86/h11,14-15,18-19,23-30,41,44-46,53-63,68,103H,7-10,12-13,16-17,20-22,31-40,42-43H2,1-6H3,(H2,83,104)(H2,84,110)(H,87,89)(H,90,105)(H,91,111)(H,92,112)(H,93,117)(H,94,120)(H,95,122)(H,96,113)(H,97,115)(H,98,118)(H,99,114)(H,100,119)(H,101,121)(H,102,116)(H,106,107)(H,108,109)(H4,85,86,88)/t46-,53-,54-,55-,56-,57-,58-,59-,60-,61-,62?,63-,68-/m0/s1. The van der Waals surface area contributed by atoms with E-state index in [0.29, 0.717) is 55.0 Å². The number of carbonyl (C=O) groups excluding carboxylic acids is 15. The van der Waals surface area contributed by atoms with Crippen molar-refractivity contribution in [3.05, 3.63) is 108 Å². The van der Waals surface area contributed by atoms with Crippen molar-refractivity contribution in [3.8, 4) is 16.9 Å². The molecule has 42 nitrogen and oxygen atoms in total. The molecule has 2 heterocycles. The molecule has 25 N–H and O–H groups in total. The first kappa shape index (κ1) is 104. The number of carbonyl (C=O) groups is 17. The number of nitrogens with two attached hydrogens (primary N) is 3. The van der Waals surface area contributed by atoms with Gasteiger partial charge in [-0.25, -0.2) is 13.4 Å². The van der Waals surface area contributed by atoms with E-state index in [0.717, 1.165) is 17.4 Å². The second kappa shape index (κ2) is 52.8. The number of aliphatic carboxylic acids is 2. The molecule has 1 unspecified atom stereocenters. The van der Waals surface area contributed by atoms with Crippen molar-refractivity contribution in [2.45, 2.75) is 235 Å². The molecule has 1 aliphatic heterocycles. The molecular formula is C82H118N20O22S2. The molecule has 44 heteroatoms. The Labute approximate surface area is 733 Å². The van der Waals surface area contributed by atoms with Crippen LogP contribution in [0.1, 0.15) is 154 Å². The Kier molecular flexibility index (Phi) is 43.5. The van der Waals surface area contributed by atoms with Crippen molar-refractivity contribution in [3.63, 3.8) is 0 Å². The lowest BCUT2D eigenvalue weighted by molar-refractivity contribution is -0.142. The molecule has 1 aliphatic rings. The van der Waals surface area contributed by atoms with Crippen molar-refractivity contribution in [2.75, 3.05) is 30.1 Å². The Morgan fingerprint density at radius 2 is 0.905 bits per heavy atom. The summed E-state index contributed by atoms with van der Waals surface area (Å²) in [6, 6.07) is -1.49. The number of unbranched alkanes of at least 4 members (excludes halogenated alkanes) is 5. The molecule has 1 saturated heterocycles. The van der Waals surface area contributed by atoms with Crippen LogP contribution in [0, 0.1) is 11.3 Å². The number of amides is 15. The van der Waals surface area contributed by atoms with Gasteiger partial charge in [-0.2, -0.15) is 0 Å². The predicted molar refractivity (Wildman–Crippen MR) is 461 cm³/mol. The van der Waals surface area contributed by atoms with E-state index in [1.54, 1.807) is 42.5 Å². The summed E-state index contributed by atoms with van der Waals surface area (Å²) in [5, 5.41) is 73.2. The average molecular weight is 1800 g/mol. The maximum absolute atomic E-state index is 15.1. The van der Waals surface area contributed by atoms with Gasteiger partial charge < -0.3 is 112 Å². The van der Waals surface area contributed by atoms with Gasteiger partial charge >= 0.3 is 11.9 Å². The first-order valence-electron chi connectivity index (χ1n) is 41.3. The molecule has 690 valence electrons. The zero-order valence-electron chi connectivity index (χ0n) is 71.1. The molecule has 15 amide bonds. The number of nitrogens with zero attached hydrogens (tertiary/aromatic N) is 1. The molecule has 13 atom stereocenters. The summed E-state index contributed by atoms with van der Waals surface area (Å²) in [7, 11) is -4.00. The van der Waals surface area contributed by atoms with Crippen LogP contribution in [0.2, 0.25) is 0 Å². The molecule has 1 aromatic heterocycles. The fourth-order valence-electron chi connectivity index (χ4n) is 13.0. The first-order valence-corrected chi connectivity index (χ1v) is 44.5. The molecule has 1 fully saturated rings. The number of guanidine groups is 1. The molecule has 5 rings (SSSR count). The highest BCUT2D eigenvalue weighted by Crippen LogP contribution is 2.22. The lowest BCUT2D eigenvalue weighted by atomic mass is 9.99. The fraction of sp³-hybridized carbons (Fsp3) is 0.524. The van der Waals surface area contributed by atoms with Crippen LogP contribution in [0.3, 0.4) is 0 Å². The van der Waals surface area contributed by atoms with Crippen molar-refractivity contribution in [2.24, 2.45) is 23.1 Å². The maximum Gasteiger partial charge on any atom is 0.305 e. The molecule has 0 radical (unpaired) electrons. The number of aromatic amines is 1. The lowest BCUT2D eigenvalue weighted by Gasteiger charge is -2.29. The molecule has 126 heavy (non-hydrogen) atoms. The van der Waals surface area contributed by atoms with Crippen LogP contribution < -0.4 is 91.6 Å². The average Bonchev–Trinajstić information content (AvgIpc) is 0.981. The van der Waals surface area contributed by atoms with Gasteiger partial charge in [0.25, 0.3) is 0 Å². The number of sulfone groups is 1. The normalized spacial score (nSPS) is 22.9. The number of benzene rings is 3. The van der Waals surface area contributed by atoms with E-state index < -0.39 is 251 Å². The number of H-pyrrole nitrogens is 1. The Morgan fingerprint density at radius 3 is 1.35 bits per heavy atom. The van der Waals surface area contributed by atoms with Gasteiger partial charge in [0.2, 0.25) is 88.6 Å². The Balaban J connectivity index is 1.66. The van der Waals surface area contributed by atoms with E-state index in [4.69, 9.17) is 22.6 Å². The summed E-state index contributed by atoms with van der Waals surface area (Å²) in [6.45, 7) is 7.96. The highest BCUT2D eigenvalue weighted by Gasteiger charge is 2.40. The number of imidazole rings is 1. The van der Waals surface area contributed by atoms with Crippen LogP contribution in [0.4, 0.5) is 0 Å². The van der Waals surface area contributed by atoms with Gasteiger partial charge in [-0.3, -0.25) is 86.9 Å². The van der Waals surface area contributed by atoms with Gasteiger partial charge in [0, 0.05) is 50.4 Å². The third-order valence-corrected chi connectivity index (χ3v) is 22.0. The molecule has 0 saturated carbocycles. The van der Waals surface area contributed by atoms with Gasteiger partial charge in [0.15, 0.2) is 5.96 Å². The Bertz CT molecular complexity index is 4530. The van der Waals surface area contributed by atoms with E-state index in [9.17, 15) is 90.9 Å². The van der Waals surface area contributed by atoms with Crippen LogP contribution in [0.25, 0.3) is 11.1 Å². The zero-order chi connectivity index (χ0) is 93.3. The van der Waals surface area contributed by atoms with Gasteiger partial charge in [-0.05, 0) is 92.2 Å². The second-order valence-corrected chi connectivity index (χ2v) is 34.2. The highest BCUT2D eigenvalue weighted by atomic mass is 32.2. The van der Waals surface area contributed by atoms with E-state index in [-0.39, 0.29) is 75.3 Å². The molecule has 0 spiro atoms. The second-order valence-electron chi connectivity index (χ2n) is 31.0. The number of nitrogens with one attached hydrogen (secondary N) is 16. The number of thioether (sulfide) groups is 1. The smallest absolute Gasteiger partial charge is 0.305 e.